The van der Waals surface area contributed by atoms with Crippen molar-refractivity contribution in [1.82, 2.24) is 4.90 Å². The van der Waals surface area contributed by atoms with Crippen LogP contribution in [0.3, 0.4) is 0 Å². The first-order valence-corrected chi connectivity index (χ1v) is 7.26. The summed E-state index contributed by atoms with van der Waals surface area (Å²) in [7, 11) is 4.94. The van der Waals surface area contributed by atoms with E-state index in [-0.39, 0.29) is 0 Å². The summed E-state index contributed by atoms with van der Waals surface area (Å²) in [6, 6.07) is 6.01. The van der Waals surface area contributed by atoms with E-state index in [2.05, 4.69) is 17.0 Å². The molecule has 118 valence electrons. The van der Waals surface area contributed by atoms with Gasteiger partial charge in [-0.05, 0) is 30.0 Å². The van der Waals surface area contributed by atoms with Crippen LogP contribution in [0.4, 0.5) is 0 Å². The molecule has 1 saturated heterocycles. The molecule has 0 spiro atoms. The van der Waals surface area contributed by atoms with Gasteiger partial charge >= 0.3 is 0 Å². The van der Waals surface area contributed by atoms with E-state index in [4.69, 9.17) is 14.2 Å². The Kier molecular flexibility index (Phi) is 5.85. The highest BCUT2D eigenvalue weighted by molar-refractivity contribution is 5.38. The maximum Gasteiger partial charge on any atom is 0.122 e. The fraction of sp³-hybridized carbons (Fsp3) is 0.625. The van der Waals surface area contributed by atoms with Gasteiger partial charge in [0.05, 0.1) is 26.9 Å². The smallest absolute Gasteiger partial charge is 0.122 e. The molecular formula is C16H25NO4. The minimum Gasteiger partial charge on any atom is -0.497 e. The topological polar surface area (TPSA) is 51.2 Å². The normalized spacial score (nSPS) is 17.3. The van der Waals surface area contributed by atoms with Gasteiger partial charge in [-0.1, -0.05) is 0 Å². The van der Waals surface area contributed by atoms with Crippen LogP contribution in [0.2, 0.25) is 0 Å². The molecule has 1 fully saturated rings. The molecule has 5 nitrogen and oxygen atoms in total. The van der Waals surface area contributed by atoms with Gasteiger partial charge in [0.1, 0.15) is 11.5 Å². The average molecular weight is 295 g/mol. The molecule has 1 atom stereocenters. The van der Waals surface area contributed by atoms with Crippen molar-refractivity contribution in [2.75, 3.05) is 47.6 Å². The van der Waals surface area contributed by atoms with Crippen molar-refractivity contribution in [3.05, 3.63) is 23.8 Å². The Bertz CT molecular complexity index is 424. The van der Waals surface area contributed by atoms with Gasteiger partial charge in [0.2, 0.25) is 0 Å². The van der Waals surface area contributed by atoms with E-state index in [0.29, 0.717) is 19.1 Å². The zero-order valence-electron chi connectivity index (χ0n) is 13.0. The summed E-state index contributed by atoms with van der Waals surface area (Å²) in [4.78, 5) is 2.26. The Labute approximate surface area is 126 Å². The van der Waals surface area contributed by atoms with Crippen LogP contribution in [-0.2, 0) is 11.2 Å². The minimum atomic E-state index is -0.395. The Morgan fingerprint density at radius 1 is 1.14 bits per heavy atom. The van der Waals surface area contributed by atoms with E-state index in [9.17, 15) is 5.11 Å². The largest absolute Gasteiger partial charge is 0.497 e. The van der Waals surface area contributed by atoms with Gasteiger partial charge in [0, 0.05) is 32.8 Å². The number of hydrogen-bond acceptors (Lipinski definition) is 5. The van der Waals surface area contributed by atoms with Crippen molar-refractivity contribution in [3.63, 3.8) is 0 Å². The van der Waals surface area contributed by atoms with Crippen LogP contribution in [-0.4, -0.2) is 63.7 Å². The summed E-state index contributed by atoms with van der Waals surface area (Å²) in [5.41, 5.74) is 1.23. The van der Waals surface area contributed by atoms with Crippen LogP contribution in [0.5, 0.6) is 11.5 Å². The molecule has 21 heavy (non-hydrogen) atoms. The highest BCUT2D eigenvalue weighted by Crippen LogP contribution is 2.27. The van der Waals surface area contributed by atoms with Crippen LogP contribution in [0.25, 0.3) is 0 Å². The van der Waals surface area contributed by atoms with Crippen molar-refractivity contribution in [3.8, 4) is 11.5 Å². The molecule has 1 N–H and O–H groups in total. The number of β-amino-alcohol motifs (C(OH)–C–C–N with tert-alkyl or cyclic N) is 1. The molecule has 0 radical (unpaired) electrons. The standard InChI is InChI=1S/C16H25NO4/c1-19-11-14(18)10-17-8-13(9-17)4-12-5-15(20-2)7-16(6-12)21-3/h5-7,13-14,18H,4,8-11H2,1-3H3/t14-/m0/s1. The van der Waals surface area contributed by atoms with Crippen LogP contribution in [0.1, 0.15) is 5.56 Å². The van der Waals surface area contributed by atoms with Crippen LogP contribution >= 0.6 is 0 Å². The van der Waals surface area contributed by atoms with Gasteiger partial charge in [0.15, 0.2) is 0 Å². The first-order chi connectivity index (χ1) is 10.1. The van der Waals surface area contributed by atoms with E-state index in [1.807, 2.05) is 6.07 Å². The van der Waals surface area contributed by atoms with Crippen molar-refractivity contribution < 1.29 is 19.3 Å². The third-order valence-electron chi connectivity index (χ3n) is 3.80. The number of methoxy groups -OCH3 is 3. The molecule has 1 aliphatic heterocycles. The first kappa shape index (κ1) is 16.1. The number of likely N-dealkylation sites (tertiary alicyclic amines) is 1. The van der Waals surface area contributed by atoms with Crippen molar-refractivity contribution in [2.24, 2.45) is 5.92 Å². The number of hydrogen-bond donors (Lipinski definition) is 1. The van der Waals surface area contributed by atoms with Gasteiger partial charge in [-0.3, -0.25) is 0 Å². The van der Waals surface area contributed by atoms with Crippen molar-refractivity contribution in [2.45, 2.75) is 12.5 Å². The van der Waals surface area contributed by atoms with Crippen molar-refractivity contribution in [1.29, 1.82) is 0 Å². The molecule has 0 aliphatic carbocycles. The van der Waals surface area contributed by atoms with Crippen molar-refractivity contribution >= 4 is 0 Å². The lowest BCUT2D eigenvalue weighted by Gasteiger charge is -2.40. The maximum absolute atomic E-state index is 9.70. The zero-order valence-corrected chi connectivity index (χ0v) is 13.0. The average Bonchev–Trinajstić information content (AvgIpc) is 2.44. The van der Waals surface area contributed by atoms with E-state index in [1.54, 1.807) is 21.3 Å². The molecule has 0 bridgehead atoms. The van der Waals surface area contributed by atoms with Crippen LogP contribution < -0.4 is 9.47 Å². The fourth-order valence-electron chi connectivity index (χ4n) is 2.82. The van der Waals surface area contributed by atoms with Gasteiger partial charge in [-0.25, -0.2) is 0 Å². The molecule has 0 amide bonds. The number of rotatable bonds is 8. The number of nitrogens with zero attached hydrogens (tertiary/aromatic N) is 1. The number of ether oxygens (including phenoxy) is 3. The molecule has 2 rings (SSSR count). The molecular weight excluding hydrogens is 270 g/mol. The Balaban J connectivity index is 1.82. The Morgan fingerprint density at radius 3 is 2.29 bits per heavy atom. The van der Waals surface area contributed by atoms with Gasteiger partial charge < -0.3 is 24.2 Å². The highest BCUT2D eigenvalue weighted by Gasteiger charge is 2.28. The minimum absolute atomic E-state index is 0.395. The molecule has 5 heteroatoms. The van der Waals surface area contributed by atoms with Gasteiger partial charge in [-0.15, -0.1) is 0 Å². The molecule has 1 aliphatic rings. The highest BCUT2D eigenvalue weighted by atomic mass is 16.5. The SMILES string of the molecule is COC[C@@H](O)CN1CC(Cc2cc(OC)cc(OC)c2)C1. The van der Waals surface area contributed by atoms with Gasteiger partial charge in [0.25, 0.3) is 0 Å². The lowest BCUT2D eigenvalue weighted by atomic mass is 9.91. The summed E-state index contributed by atoms with van der Waals surface area (Å²) >= 11 is 0. The van der Waals surface area contributed by atoms with E-state index in [0.717, 1.165) is 31.0 Å². The lowest BCUT2D eigenvalue weighted by molar-refractivity contribution is 0.00330. The molecule has 0 unspecified atom stereocenters. The quantitative estimate of drug-likeness (QED) is 0.780. The predicted octanol–water partition coefficient (Wildman–Crippen LogP) is 1.19. The first-order valence-electron chi connectivity index (χ1n) is 7.26. The second kappa shape index (κ2) is 7.64. The number of aliphatic hydroxyl groups is 1. The molecule has 1 aromatic carbocycles. The summed E-state index contributed by atoms with van der Waals surface area (Å²) in [5.74, 6) is 2.28. The maximum atomic E-state index is 9.70. The zero-order chi connectivity index (χ0) is 15.2. The lowest BCUT2D eigenvalue weighted by Crippen LogP contribution is -2.51. The monoisotopic (exact) mass is 295 g/mol. The Hall–Kier alpha value is -1.30. The van der Waals surface area contributed by atoms with E-state index >= 15 is 0 Å². The van der Waals surface area contributed by atoms with Gasteiger partial charge in [-0.2, -0.15) is 0 Å². The van der Waals surface area contributed by atoms with E-state index in [1.165, 1.54) is 5.56 Å². The number of aliphatic hydroxyl groups excluding tert-OH is 1. The molecule has 1 aromatic rings. The summed E-state index contributed by atoms with van der Waals surface area (Å²) < 4.78 is 15.5. The third kappa shape index (κ3) is 4.59. The second-order valence-electron chi connectivity index (χ2n) is 5.62. The van der Waals surface area contributed by atoms with Crippen LogP contribution in [0.15, 0.2) is 18.2 Å². The second-order valence-corrected chi connectivity index (χ2v) is 5.62. The summed E-state index contributed by atoms with van der Waals surface area (Å²) in [6.45, 7) is 3.11. The third-order valence-corrected chi connectivity index (χ3v) is 3.80. The van der Waals surface area contributed by atoms with Crippen LogP contribution in [0, 0.1) is 5.92 Å². The number of benzene rings is 1. The molecule has 0 saturated carbocycles. The Morgan fingerprint density at radius 2 is 1.76 bits per heavy atom. The predicted molar refractivity (Wildman–Crippen MR) is 81.1 cm³/mol. The summed E-state index contributed by atoms with van der Waals surface area (Å²) in [5, 5.41) is 9.70. The van der Waals surface area contributed by atoms with E-state index < -0.39 is 6.10 Å². The summed E-state index contributed by atoms with van der Waals surface area (Å²) in [6.07, 6.45) is 0.609. The molecule has 0 aromatic heterocycles. The molecule has 1 heterocycles. The fourth-order valence-corrected chi connectivity index (χ4v) is 2.82.